The number of nitro groups is 1. The molecular weight excluding hydrogens is 246 g/mol. The first-order chi connectivity index (χ1) is 9.19. The standard InChI is InChI=1S/C13H11N3O3/c1-19-13-8-4-11(5-9-13)15-14-10-2-6-12(7-3-10)16(17)18/h2-9H,1H3/b15-14-. The Labute approximate surface area is 109 Å². The molecule has 0 aliphatic carbocycles. The van der Waals surface area contributed by atoms with E-state index in [0.29, 0.717) is 11.4 Å². The molecule has 0 aromatic heterocycles. The first kappa shape index (κ1) is 12.7. The van der Waals surface area contributed by atoms with Gasteiger partial charge in [0.25, 0.3) is 5.69 Å². The summed E-state index contributed by atoms with van der Waals surface area (Å²) in [7, 11) is 1.59. The number of hydrogen-bond acceptors (Lipinski definition) is 5. The van der Waals surface area contributed by atoms with Crippen molar-refractivity contribution in [2.75, 3.05) is 7.11 Å². The minimum Gasteiger partial charge on any atom is -0.497 e. The molecule has 6 nitrogen and oxygen atoms in total. The van der Waals surface area contributed by atoms with Gasteiger partial charge in [-0.3, -0.25) is 10.1 Å². The maximum atomic E-state index is 10.5. The number of methoxy groups -OCH3 is 1. The van der Waals surface area contributed by atoms with Crippen LogP contribution in [0.25, 0.3) is 0 Å². The van der Waals surface area contributed by atoms with Crippen molar-refractivity contribution in [2.24, 2.45) is 10.2 Å². The van der Waals surface area contributed by atoms with Gasteiger partial charge in [0.2, 0.25) is 0 Å². The Hall–Kier alpha value is -2.76. The molecule has 0 atom stereocenters. The number of nitrogens with zero attached hydrogens (tertiary/aromatic N) is 3. The Morgan fingerprint density at radius 1 is 0.947 bits per heavy atom. The first-order valence-electron chi connectivity index (χ1n) is 5.49. The number of benzene rings is 2. The van der Waals surface area contributed by atoms with Gasteiger partial charge in [-0.05, 0) is 36.4 Å². The van der Waals surface area contributed by atoms with E-state index in [1.54, 1.807) is 43.5 Å². The van der Waals surface area contributed by atoms with E-state index in [0.717, 1.165) is 5.75 Å². The van der Waals surface area contributed by atoms with Gasteiger partial charge < -0.3 is 4.74 Å². The van der Waals surface area contributed by atoms with E-state index in [1.165, 1.54) is 12.1 Å². The minimum atomic E-state index is -0.454. The lowest BCUT2D eigenvalue weighted by molar-refractivity contribution is -0.384. The average Bonchev–Trinajstić information content (AvgIpc) is 2.46. The van der Waals surface area contributed by atoms with Gasteiger partial charge in [-0.1, -0.05) is 0 Å². The Morgan fingerprint density at radius 2 is 1.42 bits per heavy atom. The van der Waals surface area contributed by atoms with Crippen LogP contribution in [0.15, 0.2) is 58.8 Å². The Kier molecular flexibility index (Phi) is 3.82. The van der Waals surface area contributed by atoms with Crippen LogP contribution in [0.3, 0.4) is 0 Å². The molecule has 2 rings (SSSR count). The molecule has 0 N–H and O–H groups in total. The fourth-order valence-corrected chi connectivity index (χ4v) is 1.41. The molecule has 96 valence electrons. The number of ether oxygens (including phenoxy) is 1. The second-order valence-corrected chi connectivity index (χ2v) is 3.67. The van der Waals surface area contributed by atoms with E-state index >= 15 is 0 Å². The normalized spacial score (nSPS) is 10.6. The molecule has 0 saturated carbocycles. The molecular formula is C13H11N3O3. The first-order valence-corrected chi connectivity index (χ1v) is 5.49. The average molecular weight is 257 g/mol. The third-order valence-corrected chi connectivity index (χ3v) is 2.41. The SMILES string of the molecule is COc1ccc(/N=N\c2ccc([N+](=O)[O-])cc2)cc1. The predicted molar refractivity (Wildman–Crippen MR) is 70.3 cm³/mol. The molecule has 6 heteroatoms. The van der Waals surface area contributed by atoms with Crippen molar-refractivity contribution in [1.29, 1.82) is 0 Å². The molecule has 0 heterocycles. The zero-order chi connectivity index (χ0) is 13.7. The van der Waals surface area contributed by atoms with Gasteiger partial charge in [-0.15, -0.1) is 0 Å². The zero-order valence-electron chi connectivity index (χ0n) is 10.2. The van der Waals surface area contributed by atoms with Gasteiger partial charge in [-0.2, -0.15) is 10.2 Å². The molecule has 0 aliphatic heterocycles. The molecule has 0 radical (unpaired) electrons. The molecule has 0 fully saturated rings. The summed E-state index contributed by atoms with van der Waals surface area (Å²) in [5, 5.41) is 18.5. The van der Waals surface area contributed by atoms with E-state index in [9.17, 15) is 10.1 Å². The van der Waals surface area contributed by atoms with Crippen molar-refractivity contribution in [3.63, 3.8) is 0 Å². The largest absolute Gasteiger partial charge is 0.497 e. The van der Waals surface area contributed by atoms with Crippen LogP contribution in [0.4, 0.5) is 17.1 Å². The lowest BCUT2D eigenvalue weighted by Crippen LogP contribution is -1.85. The number of nitro benzene ring substituents is 1. The highest BCUT2D eigenvalue weighted by molar-refractivity contribution is 5.45. The van der Waals surface area contributed by atoms with Crippen molar-refractivity contribution in [2.45, 2.75) is 0 Å². The van der Waals surface area contributed by atoms with Crippen molar-refractivity contribution in [1.82, 2.24) is 0 Å². The second kappa shape index (κ2) is 5.72. The summed E-state index contributed by atoms with van der Waals surface area (Å²) >= 11 is 0. The van der Waals surface area contributed by atoms with E-state index in [-0.39, 0.29) is 5.69 Å². The quantitative estimate of drug-likeness (QED) is 0.471. The minimum absolute atomic E-state index is 0.0309. The topological polar surface area (TPSA) is 77.1 Å². The number of rotatable bonds is 4. The highest BCUT2D eigenvalue weighted by atomic mass is 16.6. The van der Waals surface area contributed by atoms with Gasteiger partial charge >= 0.3 is 0 Å². The monoisotopic (exact) mass is 257 g/mol. The van der Waals surface area contributed by atoms with Crippen LogP contribution in [0.1, 0.15) is 0 Å². The highest BCUT2D eigenvalue weighted by Crippen LogP contribution is 2.22. The van der Waals surface area contributed by atoms with Crippen LogP contribution in [-0.4, -0.2) is 12.0 Å². The number of non-ortho nitro benzene ring substituents is 1. The maximum absolute atomic E-state index is 10.5. The van der Waals surface area contributed by atoms with Gasteiger partial charge in [-0.25, -0.2) is 0 Å². The molecule has 2 aromatic carbocycles. The van der Waals surface area contributed by atoms with Crippen molar-refractivity contribution >= 4 is 17.1 Å². The van der Waals surface area contributed by atoms with E-state index < -0.39 is 4.92 Å². The molecule has 0 amide bonds. The van der Waals surface area contributed by atoms with Crippen LogP contribution >= 0.6 is 0 Å². The van der Waals surface area contributed by atoms with Crippen LogP contribution in [0.2, 0.25) is 0 Å². The summed E-state index contributed by atoms with van der Waals surface area (Å²) in [5.74, 6) is 0.745. The molecule has 0 spiro atoms. The molecule has 0 aliphatic rings. The summed E-state index contributed by atoms with van der Waals surface area (Å²) in [4.78, 5) is 10.0. The number of azo groups is 1. The lowest BCUT2D eigenvalue weighted by atomic mass is 10.3. The van der Waals surface area contributed by atoms with E-state index in [4.69, 9.17) is 4.74 Å². The third kappa shape index (κ3) is 3.35. The Balaban J connectivity index is 2.10. The summed E-state index contributed by atoms with van der Waals surface area (Å²) < 4.78 is 5.03. The van der Waals surface area contributed by atoms with Crippen LogP contribution in [-0.2, 0) is 0 Å². The summed E-state index contributed by atoms with van der Waals surface area (Å²) in [5.41, 5.74) is 1.27. The van der Waals surface area contributed by atoms with Gasteiger partial charge in [0, 0.05) is 12.1 Å². The van der Waals surface area contributed by atoms with Gasteiger partial charge in [0.15, 0.2) is 0 Å². The molecule has 19 heavy (non-hydrogen) atoms. The Bertz CT molecular complexity index is 592. The molecule has 0 bridgehead atoms. The van der Waals surface area contributed by atoms with Gasteiger partial charge in [0.1, 0.15) is 5.75 Å². The van der Waals surface area contributed by atoms with Crippen LogP contribution in [0.5, 0.6) is 5.75 Å². The molecule has 2 aromatic rings. The fraction of sp³-hybridized carbons (Fsp3) is 0.0769. The van der Waals surface area contributed by atoms with E-state index in [1.807, 2.05) is 0 Å². The maximum Gasteiger partial charge on any atom is 0.269 e. The smallest absolute Gasteiger partial charge is 0.269 e. The third-order valence-electron chi connectivity index (χ3n) is 2.41. The lowest BCUT2D eigenvalue weighted by Gasteiger charge is -1.98. The Morgan fingerprint density at radius 3 is 1.84 bits per heavy atom. The van der Waals surface area contributed by atoms with Crippen molar-refractivity contribution in [3.8, 4) is 5.75 Å². The summed E-state index contributed by atoms with van der Waals surface area (Å²) in [6.45, 7) is 0. The summed E-state index contributed by atoms with van der Waals surface area (Å²) in [6.07, 6.45) is 0. The fourth-order valence-electron chi connectivity index (χ4n) is 1.41. The number of hydrogen-bond donors (Lipinski definition) is 0. The van der Waals surface area contributed by atoms with Gasteiger partial charge in [0.05, 0.1) is 23.4 Å². The second-order valence-electron chi connectivity index (χ2n) is 3.67. The summed E-state index contributed by atoms with van der Waals surface area (Å²) in [6, 6.07) is 13.0. The van der Waals surface area contributed by atoms with Crippen LogP contribution < -0.4 is 4.74 Å². The zero-order valence-corrected chi connectivity index (χ0v) is 10.2. The van der Waals surface area contributed by atoms with E-state index in [2.05, 4.69) is 10.2 Å². The molecule has 0 saturated heterocycles. The predicted octanol–water partition coefficient (Wildman–Crippen LogP) is 4.02. The van der Waals surface area contributed by atoms with Crippen LogP contribution in [0, 0.1) is 10.1 Å². The van der Waals surface area contributed by atoms with Crippen molar-refractivity contribution < 1.29 is 9.66 Å². The van der Waals surface area contributed by atoms with Crippen molar-refractivity contribution in [3.05, 3.63) is 58.6 Å². The molecule has 0 unspecified atom stereocenters. The highest BCUT2D eigenvalue weighted by Gasteiger charge is 2.02.